The van der Waals surface area contributed by atoms with Crippen LogP contribution in [0.15, 0.2) is 29.2 Å². The number of likely N-dealkylation sites (tertiary alicyclic amines) is 1. The molecule has 1 atom stereocenters. The van der Waals surface area contributed by atoms with Crippen LogP contribution in [-0.4, -0.2) is 53.5 Å². The number of fused-ring (bicyclic) bond motifs is 1. The number of benzene rings is 1. The number of thioether (sulfide) groups is 1. The molecule has 30 heavy (non-hydrogen) atoms. The molecular formula is C23H31N3O3S. The zero-order valence-corrected chi connectivity index (χ0v) is 18.3. The van der Waals surface area contributed by atoms with Gasteiger partial charge in [-0.1, -0.05) is 44.2 Å². The van der Waals surface area contributed by atoms with Gasteiger partial charge in [-0.3, -0.25) is 14.4 Å². The van der Waals surface area contributed by atoms with Crippen molar-refractivity contribution in [1.29, 1.82) is 0 Å². The predicted molar refractivity (Wildman–Crippen MR) is 119 cm³/mol. The highest BCUT2D eigenvalue weighted by atomic mass is 32.2. The summed E-state index contributed by atoms with van der Waals surface area (Å²) in [6, 6.07) is 7.78. The van der Waals surface area contributed by atoms with Gasteiger partial charge in [0.1, 0.15) is 6.54 Å². The lowest BCUT2D eigenvalue weighted by atomic mass is 9.95. The van der Waals surface area contributed by atoms with Gasteiger partial charge in [0, 0.05) is 24.0 Å². The molecule has 0 spiro atoms. The zero-order valence-electron chi connectivity index (χ0n) is 17.5. The Bertz CT molecular complexity index is 786. The topological polar surface area (TPSA) is 69.7 Å². The molecule has 7 heteroatoms. The van der Waals surface area contributed by atoms with E-state index < -0.39 is 5.25 Å². The van der Waals surface area contributed by atoms with Crippen LogP contribution >= 0.6 is 11.8 Å². The molecule has 1 aliphatic carbocycles. The Hall–Kier alpha value is -2.02. The van der Waals surface area contributed by atoms with Gasteiger partial charge in [0.25, 0.3) is 5.91 Å². The van der Waals surface area contributed by atoms with Gasteiger partial charge in [0.15, 0.2) is 5.25 Å². The molecule has 0 unspecified atom stereocenters. The van der Waals surface area contributed by atoms with Gasteiger partial charge >= 0.3 is 0 Å². The van der Waals surface area contributed by atoms with Gasteiger partial charge in [-0.05, 0) is 37.8 Å². The first-order valence-corrected chi connectivity index (χ1v) is 12.2. The lowest BCUT2D eigenvalue weighted by molar-refractivity contribution is -0.135. The van der Waals surface area contributed by atoms with Crippen LogP contribution in [0.25, 0.3) is 0 Å². The molecule has 162 valence electrons. The third-order valence-electron chi connectivity index (χ3n) is 6.31. The molecule has 2 heterocycles. The molecule has 1 N–H and O–H groups in total. The summed E-state index contributed by atoms with van der Waals surface area (Å²) in [4.78, 5) is 43.6. The first-order chi connectivity index (χ1) is 14.6. The Kier molecular flexibility index (Phi) is 6.97. The first-order valence-electron chi connectivity index (χ1n) is 11.3. The summed E-state index contributed by atoms with van der Waals surface area (Å²) < 4.78 is 0. The maximum absolute atomic E-state index is 13.4. The Morgan fingerprint density at radius 1 is 0.967 bits per heavy atom. The van der Waals surface area contributed by atoms with Gasteiger partial charge in [-0.15, -0.1) is 11.8 Å². The number of amides is 3. The van der Waals surface area contributed by atoms with Crippen molar-refractivity contribution in [3.8, 4) is 0 Å². The minimum absolute atomic E-state index is 0.0311. The normalized spacial score (nSPS) is 22.9. The van der Waals surface area contributed by atoms with Crippen molar-refractivity contribution in [3.05, 3.63) is 24.3 Å². The summed E-state index contributed by atoms with van der Waals surface area (Å²) in [5, 5.41) is 2.29. The van der Waals surface area contributed by atoms with E-state index in [0.29, 0.717) is 13.1 Å². The van der Waals surface area contributed by atoms with E-state index >= 15 is 0 Å². The minimum atomic E-state index is -0.805. The van der Waals surface area contributed by atoms with Gasteiger partial charge in [0.2, 0.25) is 11.8 Å². The van der Waals surface area contributed by atoms with Gasteiger partial charge < -0.3 is 15.1 Å². The molecule has 0 aromatic heterocycles. The quantitative estimate of drug-likeness (QED) is 0.746. The largest absolute Gasteiger partial charge is 0.352 e. The van der Waals surface area contributed by atoms with Crippen molar-refractivity contribution >= 4 is 35.2 Å². The molecule has 2 aliphatic heterocycles. The minimum Gasteiger partial charge on any atom is -0.352 e. The number of nitrogens with zero attached hydrogens (tertiary/aromatic N) is 2. The monoisotopic (exact) mass is 429 g/mol. The van der Waals surface area contributed by atoms with E-state index in [4.69, 9.17) is 0 Å². The third kappa shape index (κ3) is 4.82. The van der Waals surface area contributed by atoms with E-state index in [0.717, 1.165) is 61.9 Å². The maximum Gasteiger partial charge on any atom is 0.250 e. The zero-order chi connectivity index (χ0) is 20.9. The third-order valence-corrected chi connectivity index (χ3v) is 7.54. The van der Waals surface area contributed by atoms with Crippen LogP contribution in [0.5, 0.6) is 0 Å². The van der Waals surface area contributed by atoms with E-state index in [2.05, 4.69) is 5.32 Å². The van der Waals surface area contributed by atoms with Crippen molar-refractivity contribution < 1.29 is 14.4 Å². The Balaban J connectivity index is 1.50. The number of nitrogens with one attached hydrogen (secondary N) is 1. The van der Waals surface area contributed by atoms with Crippen molar-refractivity contribution in [1.82, 2.24) is 10.2 Å². The van der Waals surface area contributed by atoms with E-state index in [1.54, 1.807) is 0 Å². The van der Waals surface area contributed by atoms with E-state index in [1.165, 1.54) is 23.1 Å². The highest BCUT2D eigenvalue weighted by Crippen LogP contribution is 2.39. The molecule has 0 radical (unpaired) electrons. The van der Waals surface area contributed by atoms with Crippen molar-refractivity contribution in [2.45, 2.75) is 74.0 Å². The fourth-order valence-electron chi connectivity index (χ4n) is 4.66. The highest BCUT2D eigenvalue weighted by molar-refractivity contribution is 8.01. The fourth-order valence-corrected chi connectivity index (χ4v) is 5.85. The fraction of sp³-hybridized carbons (Fsp3) is 0.609. The van der Waals surface area contributed by atoms with Crippen LogP contribution < -0.4 is 10.2 Å². The summed E-state index contributed by atoms with van der Waals surface area (Å²) in [5.41, 5.74) is 0.728. The summed E-state index contributed by atoms with van der Waals surface area (Å²) in [6.45, 7) is 1.40. The lowest BCUT2D eigenvalue weighted by Gasteiger charge is -2.35. The van der Waals surface area contributed by atoms with Crippen LogP contribution in [0.4, 0.5) is 5.69 Å². The number of hydrogen-bond donors (Lipinski definition) is 1. The van der Waals surface area contributed by atoms with Crippen LogP contribution in [0.3, 0.4) is 0 Å². The summed E-state index contributed by atoms with van der Waals surface area (Å²) in [7, 11) is 0. The summed E-state index contributed by atoms with van der Waals surface area (Å²) in [5.74, 6) is -0.524. The number of hydrogen-bond acceptors (Lipinski definition) is 4. The van der Waals surface area contributed by atoms with E-state index in [1.807, 2.05) is 29.2 Å². The van der Waals surface area contributed by atoms with E-state index in [9.17, 15) is 14.4 Å². The van der Waals surface area contributed by atoms with Crippen molar-refractivity contribution in [2.24, 2.45) is 0 Å². The van der Waals surface area contributed by atoms with E-state index in [-0.39, 0.29) is 30.3 Å². The second-order valence-electron chi connectivity index (χ2n) is 8.53. The molecule has 1 saturated carbocycles. The van der Waals surface area contributed by atoms with Gasteiger partial charge in [0.05, 0.1) is 5.69 Å². The molecule has 6 nitrogen and oxygen atoms in total. The predicted octanol–water partition coefficient (Wildman–Crippen LogP) is 3.35. The second-order valence-corrected chi connectivity index (χ2v) is 9.68. The molecule has 2 fully saturated rings. The number of rotatable bonds is 4. The van der Waals surface area contributed by atoms with Gasteiger partial charge in [-0.2, -0.15) is 0 Å². The average molecular weight is 430 g/mol. The lowest BCUT2D eigenvalue weighted by Crippen LogP contribution is -2.53. The van der Waals surface area contributed by atoms with Gasteiger partial charge in [-0.25, -0.2) is 0 Å². The average Bonchev–Trinajstić information content (AvgIpc) is 3.05. The number of carbonyl (C=O) groups excluding carboxylic acids is 3. The molecular weight excluding hydrogens is 398 g/mol. The van der Waals surface area contributed by atoms with Crippen molar-refractivity contribution in [2.75, 3.05) is 24.5 Å². The molecule has 3 amide bonds. The highest BCUT2D eigenvalue weighted by Gasteiger charge is 2.40. The summed E-state index contributed by atoms with van der Waals surface area (Å²) in [6.07, 6.45) is 9.74. The molecule has 0 bridgehead atoms. The molecule has 4 rings (SSSR count). The SMILES string of the molecule is O=C(CN1C(=O)[C@H](C(=O)N2CCCCCC2)Sc2ccccc21)NC1CCCCC1. The molecule has 1 aromatic rings. The Labute approximate surface area is 182 Å². The second kappa shape index (κ2) is 9.86. The maximum atomic E-state index is 13.4. The van der Waals surface area contributed by atoms with Crippen LogP contribution in [0, 0.1) is 0 Å². The standard InChI is InChI=1S/C23H31N3O3S/c27-20(24-17-10-4-3-5-11-17)16-26-18-12-6-7-13-19(18)30-21(23(26)29)22(28)25-14-8-1-2-9-15-25/h6-7,12-13,17,21H,1-5,8-11,14-16H2,(H,24,27)/t21-/m0/s1. The molecule has 1 aromatic carbocycles. The van der Waals surface area contributed by atoms with Crippen LogP contribution in [0.1, 0.15) is 57.8 Å². The van der Waals surface area contributed by atoms with Crippen LogP contribution in [-0.2, 0) is 14.4 Å². The van der Waals surface area contributed by atoms with Crippen molar-refractivity contribution in [3.63, 3.8) is 0 Å². The smallest absolute Gasteiger partial charge is 0.250 e. The number of carbonyl (C=O) groups is 3. The first kappa shape index (κ1) is 21.2. The number of para-hydroxylation sites is 1. The number of anilines is 1. The Morgan fingerprint density at radius 3 is 2.37 bits per heavy atom. The summed E-state index contributed by atoms with van der Waals surface area (Å²) >= 11 is 1.33. The Morgan fingerprint density at radius 2 is 1.63 bits per heavy atom. The molecule has 1 saturated heterocycles. The van der Waals surface area contributed by atoms with Crippen LogP contribution in [0.2, 0.25) is 0 Å². The molecule has 3 aliphatic rings.